The molecule has 0 bridgehead atoms. The molecular weight excluding hydrogens is 164 g/mol. The highest BCUT2D eigenvalue weighted by molar-refractivity contribution is 5.34. The van der Waals surface area contributed by atoms with Crippen molar-refractivity contribution in [2.24, 2.45) is 5.73 Å². The van der Waals surface area contributed by atoms with Gasteiger partial charge in [0.25, 0.3) is 0 Å². The zero-order valence-electron chi connectivity index (χ0n) is 7.95. The highest BCUT2D eigenvalue weighted by atomic mass is 15.2. The Morgan fingerprint density at radius 2 is 2.31 bits per heavy atom. The summed E-state index contributed by atoms with van der Waals surface area (Å²) < 4.78 is 0. The van der Waals surface area contributed by atoms with Gasteiger partial charge in [0.15, 0.2) is 0 Å². The molecule has 0 aromatic carbocycles. The molecule has 0 aliphatic carbocycles. The number of rotatable bonds is 5. The third-order valence-corrected chi connectivity index (χ3v) is 1.73. The molecular formula is C9H16N4. The first kappa shape index (κ1) is 9.92. The van der Waals surface area contributed by atoms with Gasteiger partial charge in [-0.2, -0.15) is 5.10 Å². The predicted octanol–water partition coefficient (Wildman–Crippen LogP) is 0.936. The average molecular weight is 180 g/mol. The summed E-state index contributed by atoms with van der Waals surface area (Å²) in [6.45, 7) is 3.66. The van der Waals surface area contributed by atoms with Gasteiger partial charge in [-0.05, 0) is 37.9 Å². The predicted molar refractivity (Wildman–Crippen MR) is 53.5 cm³/mol. The molecule has 0 saturated heterocycles. The molecule has 0 aliphatic heterocycles. The standard InChI is InChI=1S/C9H16N4/c1-8-6-9(13-12-7-8)11-5-3-2-4-10/h6-7H,2-5,10H2,1H3,(H,11,13). The molecule has 1 aromatic rings. The van der Waals surface area contributed by atoms with E-state index in [2.05, 4.69) is 15.5 Å². The zero-order valence-corrected chi connectivity index (χ0v) is 7.95. The number of unbranched alkanes of at least 4 members (excludes halogenated alkanes) is 1. The highest BCUT2D eigenvalue weighted by Gasteiger charge is 1.93. The second kappa shape index (κ2) is 5.48. The van der Waals surface area contributed by atoms with Crippen LogP contribution >= 0.6 is 0 Å². The topological polar surface area (TPSA) is 63.8 Å². The fourth-order valence-corrected chi connectivity index (χ4v) is 1.04. The molecule has 0 saturated carbocycles. The van der Waals surface area contributed by atoms with Crippen LogP contribution in [0.3, 0.4) is 0 Å². The van der Waals surface area contributed by atoms with E-state index in [1.807, 2.05) is 13.0 Å². The molecule has 1 heterocycles. The molecule has 0 atom stereocenters. The van der Waals surface area contributed by atoms with Crippen molar-refractivity contribution >= 4 is 5.82 Å². The monoisotopic (exact) mass is 180 g/mol. The first-order valence-corrected chi connectivity index (χ1v) is 4.56. The summed E-state index contributed by atoms with van der Waals surface area (Å²) in [5.41, 5.74) is 6.50. The Hall–Kier alpha value is -1.16. The number of nitrogens with two attached hydrogens (primary N) is 1. The van der Waals surface area contributed by atoms with E-state index < -0.39 is 0 Å². The summed E-state index contributed by atoms with van der Waals surface area (Å²) in [4.78, 5) is 0. The molecule has 0 unspecified atom stereocenters. The number of nitrogens with one attached hydrogen (secondary N) is 1. The normalized spacial score (nSPS) is 10.0. The van der Waals surface area contributed by atoms with Gasteiger partial charge in [0.05, 0.1) is 6.20 Å². The van der Waals surface area contributed by atoms with Gasteiger partial charge < -0.3 is 11.1 Å². The summed E-state index contributed by atoms with van der Waals surface area (Å²) in [7, 11) is 0. The quantitative estimate of drug-likeness (QED) is 0.662. The first-order valence-electron chi connectivity index (χ1n) is 4.56. The highest BCUT2D eigenvalue weighted by Crippen LogP contribution is 2.02. The van der Waals surface area contributed by atoms with Gasteiger partial charge in [-0.3, -0.25) is 0 Å². The number of nitrogens with zero attached hydrogens (tertiary/aromatic N) is 2. The molecule has 0 radical (unpaired) electrons. The Kier molecular flexibility index (Phi) is 4.18. The van der Waals surface area contributed by atoms with Crippen LogP contribution in [-0.4, -0.2) is 23.3 Å². The van der Waals surface area contributed by atoms with Crippen LogP contribution in [0.15, 0.2) is 12.3 Å². The molecule has 0 fully saturated rings. The van der Waals surface area contributed by atoms with E-state index in [4.69, 9.17) is 5.73 Å². The lowest BCUT2D eigenvalue weighted by molar-refractivity contribution is 0.770. The van der Waals surface area contributed by atoms with Crippen molar-refractivity contribution in [3.8, 4) is 0 Å². The van der Waals surface area contributed by atoms with Crippen LogP contribution < -0.4 is 11.1 Å². The third kappa shape index (κ3) is 3.85. The van der Waals surface area contributed by atoms with Crippen LogP contribution in [0.5, 0.6) is 0 Å². The lowest BCUT2D eigenvalue weighted by Gasteiger charge is -2.03. The molecule has 1 aromatic heterocycles. The number of aryl methyl sites for hydroxylation is 1. The van der Waals surface area contributed by atoms with Gasteiger partial charge >= 0.3 is 0 Å². The van der Waals surface area contributed by atoms with Gasteiger partial charge in [-0.1, -0.05) is 0 Å². The summed E-state index contributed by atoms with van der Waals surface area (Å²) in [5, 5.41) is 11.0. The fourth-order valence-electron chi connectivity index (χ4n) is 1.04. The average Bonchev–Trinajstić information content (AvgIpc) is 2.13. The molecule has 1 rings (SSSR count). The molecule has 0 amide bonds. The van der Waals surface area contributed by atoms with Crippen molar-refractivity contribution in [3.05, 3.63) is 17.8 Å². The summed E-state index contributed by atoms with van der Waals surface area (Å²) in [6.07, 6.45) is 3.86. The van der Waals surface area contributed by atoms with Gasteiger partial charge in [0.2, 0.25) is 0 Å². The summed E-state index contributed by atoms with van der Waals surface area (Å²) in [6, 6.07) is 1.98. The third-order valence-electron chi connectivity index (χ3n) is 1.73. The van der Waals surface area contributed by atoms with E-state index in [-0.39, 0.29) is 0 Å². The molecule has 4 nitrogen and oxygen atoms in total. The Balaban J connectivity index is 2.28. The zero-order chi connectivity index (χ0) is 9.52. The molecule has 0 spiro atoms. The second-order valence-electron chi connectivity index (χ2n) is 3.04. The van der Waals surface area contributed by atoms with E-state index >= 15 is 0 Å². The van der Waals surface area contributed by atoms with Gasteiger partial charge in [-0.25, -0.2) is 0 Å². The molecule has 0 aliphatic rings. The molecule has 72 valence electrons. The molecule has 3 N–H and O–H groups in total. The van der Waals surface area contributed by atoms with E-state index in [0.717, 1.165) is 37.3 Å². The Bertz CT molecular complexity index is 249. The second-order valence-corrected chi connectivity index (χ2v) is 3.04. The van der Waals surface area contributed by atoms with Crippen molar-refractivity contribution < 1.29 is 0 Å². The van der Waals surface area contributed by atoms with E-state index in [1.54, 1.807) is 6.20 Å². The summed E-state index contributed by atoms with van der Waals surface area (Å²) in [5.74, 6) is 0.844. The number of aromatic nitrogens is 2. The first-order chi connectivity index (χ1) is 6.33. The van der Waals surface area contributed by atoms with Crippen molar-refractivity contribution in [1.29, 1.82) is 0 Å². The van der Waals surface area contributed by atoms with Crippen molar-refractivity contribution in [1.82, 2.24) is 10.2 Å². The van der Waals surface area contributed by atoms with Crippen LogP contribution in [0.25, 0.3) is 0 Å². The SMILES string of the molecule is Cc1cnnc(NCCCCN)c1. The summed E-state index contributed by atoms with van der Waals surface area (Å²) >= 11 is 0. The lowest BCUT2D eigenvalue weighted by atomic mass is 10.3. The minimum Gasteiger partial charge on any atom is -0.369 e. The van der Waals surface area contributed by atoms with Crippen molar-refractivity contribution in [3.63, 3.8) is 0 Å². The number of hydrogen-bond acceptors (Lipinski definition) is 4. The Morgan fingerprint density at radius 3 is 3.00 bits per heavy atom. The van der Waals surface area contributed by atoms with Gasteiger partial charge in [0.1, 0.15) is 5.82 Å². The van der Waals surface area contributed by atoms with E-state index in [9.17, 15) is 0 Å². The molecule has 13 heavy (non-hydrogen) atoms. The van der Waals surface area contributed by atoms with Crippen LogP contribution in [0.2, 0.25) is 0 Å². The minimum absolute atomic E-state index is 0.751. The lowest BCUT2D eigenvalue weighted by Crippen LogP contribution is -2.07. The van der Waals surface area contributed by atoms with Crippen LogP contribution in [0, 0.1) is 6.92 Å². The van der Waals surface area contributed by atoms with Crippen molar-refractivity contribution in [2.45, 2.75) is 19.8 Å². The van der Waals surface area contributed by atoms with Crippen LogP contribution in [-0.2, 0) is 0 Å². The van der Waals surface area contributed by atoms with E-state index in [0.29, 0.717) is 0 Å². The van der Waals surface area contributed by atoms with Gasteiger partial charge in [-0.15, -0.1) is 5.10 Å². The maximum Gasteiger partial charge on any atom is 0.148 e. The van der Waals surface area contributed by atoms with Gasteiger partial charge in [0, 0.05) is 6.54 Å². The largest absolute Gasteiger partial charge is 0.369 e. The minimum atomic E-state index is 0.751. The smallest absolute Gasteiger partial charge is 0.148 e. The maximum absolute atomic E-state index is 5.38. The number of hydrogen-bond donors (Lipinski definition) is 2. The number of anilines is 1. The van der Waals surface area contributed by atoms with Crippen molar-refractivity contribution in [2.75, 3.05) is 18.4 Å². The van der Waals surface area contributed by atoms with Crippen LogP contribution in [0.4, 0.5) is 5.82 Å². The Morgan fingerprint density at radius 1 is 1.46 bits per heavy atom. The maximum atomic E-state index is 5.38. The Labute approximate surface area is 78.6 Å². The van der Waals surface area contributed by atoms with Crippen LogP contribution in [0.1, 0.15) is 18.4 Å². The van der Waals surface area contributed by atoms with E-state index in [1.165, 1.54) is 0 Å². The molecule has 4 heteroatoms. The fraction of sp³-hybridized carbons (Fsp3) is 0.556.